The summed E-state index contributed by atoms with van der Waals surface area (Å²) in [6, 6.07) is 0. The molecule has 46 valence electrons. The Balaban J connectivity index is 0. The first-order chi connectivity index (χ1) is 3.27. The molecule has 0 radical (unpaired) electrons. The Morgan fingerprint density at radius 2 is 2.38 bits per heavy atom. The molecule has 0 aliphatic carbocycles. The summed E-state index contributed by atoms with van der Waals surface area (Å²) in [7, 11) is -2.68. The summed E-state index contributed by atoms with van der Waals surface area (Å²) in [6.45, 7) is 1.84. The topological polar surface area (TPSA) is 46.5 Å². The van der Waals surface area contributed by atoms with Crippen LogP contribution in [-0.2, 0) is 8.54 Å². The summed E-state index contributed by atoms with van der Waals surface area (Å²) >= 11 is 0.999. The second-order valence-corrected chi connectivity index (χ2v) is 2.77. The normalized spacial score (nSPS) is 12.2. The van der Waals surface area contributed by atoms with E-state index in [9.17, 15) is 4.57 Å². The molecule has 0 heterocycles. The SMILES string of the molecule is CCSO[PH](=O)O.[KH]. The van der Waals surface area contributed by atoms with E-state index >= 15 is 0 Å². The maximum atomic E-state index is 9.70. The first-order valence-electron chi connectivity index (χ1n) is 1.79. The van der Waals surface area contributed by atoms with Crippen molar-refractivity contribution in [1.29, 1.82) is 0 Å². The molecular formula is C2H8KO3PS. The van der Waals surface area contributed by atoms with Crippen LogP contribution in [0, 0.1) is 0 Å². The molecule has 0 saturated heterocycles. The Morgan fingerprint density at radius 3 is 2.50 bits per heavy atom. The third-order valence-electron chi connectivity index (χ3n) is 0.248. The summed E-state index contributed by atoms with van der Waals surface area (Å²) in [5.74, 6) is 0.705. The molecule has 0 fully saturated rings. The van der Waals surface area contributed by atoms with E-state index in [4.69, 9.17) is 4.89 Å². The van der Waals surface area contributed by atoms with E-state index < -0.39 is 8.25 Å². The van der Waals surface area contributed by atoms with Crippen molar-refractivity contribution in [3.05, 3.63) is 0 Å². The van der Waals surface area contributed by atoms with Gasteiger partial charge >= 0.3 is 59.6 Å². The van der Waals surface area contributed by atoms with Gasteiger partial charge in [-0.1, -0.05) is 6.92 Å². The second-order valence-electron chi connectivity index (χ2n) is 0.756. The Hall–Kier alpha value is 2.14. The fourth-order valence-electron chi connectivity index (χ4n) is 0.109. The van der Waals surface area contributed by atoms with Gasteiger partial charge in [0, 0.05) is 17.8 Å². The molecule has 0 amide bonds. The summed E-state index contributed by atoms with van der Waals surface area (Å²) < 4.78 is 13.9. The minimum atomic E-state index is -2.68. The third kappa shape index (κ3) is 11.0. The zero-order valence-corrected chi connectivity index (χ0v) is 5.70. The van der Waals surface area contributed by atoms with Crippen LogP contribution < -0.4 is 0 Å². The Labute approximate surface area is 96.1 Å². The molecule has 0 saturated carbocycles. The number of hydrogen-bond acceptors (Lipinski definition) is 3. The summed E-state index contributed by atoms with van der Waals surface area (Å²) in [5, 5.41) is 0. The zero-order valence-electron chi connectivity index (χ0n) is 3.88. The van der Waals surface area contributed by atoms with E-state index in [1.807, 2.05) is 6.92 Å². The van der Waals surface area contributed by atoms with Gasteiger partial charge in [-0.05, 0) is 0 Å². The predicted molar refractivity (Wildman–Crippen MR) is 37.6 cm³/mol. The van der Waals surface area contributed by atoms with Crippen molar-refractivity contribution in [2.45, 2.75) is 6.92 Å². The standard InChI is InChI=1S/C2H7O3PS.K.H/c1-2-7-5-6(3)4;;/h6H,2H2,1H3,(H,3,4);;. The average molecular weight is 182 g/mol. The van der Waals surface area contributed by atoms with Crippen molar-refractivity contribution >= 4 is 71.7 Å². The molecule has 8 heavy (non-hydrogen) atoms. The van der Waals surface area contributed by atoms with Crippen LogP contribution in [0.1, 0.15) is 6.92 Å². The molecule has 0 aliphatic rings. The number of rotatable bonds is 3. The van der Waals surface area contributed by atoms with Gasteiger partial charge in [-0.15, -0.1) is 0 Å². The van der Waals surface area contributed by atoms with Crippen molar-refractivity contribution in [2.75, 3.05) is 5.75 Å². The molecule has 6 heteroatoms. The molecular weight excluding hydrogens is 174 g/mol. The quantitative estimate of drug-likeness (QED) is 0.390. The van der Waals surface area contributed by atoms with Gasteiger partial charge in [0.2, 0.25) is 0 Å². The Bertz CT molecular complexity index is 70.3. The van der Waals surface area contributed by atoms with Crippen LogP contribution in [0.5, 0.6) is 0 Å². The van der Waals surface area contributed by atoms with Crippen molar-refractivity contribution in [3.63, 3.8) is 0 Å². The van der Waals surface area contributed by atoms with Gasteiger partial charge < -0.3 is 4.89 Å². The van der Waals surface area contributed by atoms with Crippen molar-refractivity contribution in [1.82, 2.24) is 0 Å². The minimum absolute atomic E-state index is 0. The van der Waals surface area contributed by atoms with E-state index in [0.29, 0.717) is 5.75 Å². The van der Waals surface area contributed by atoms with Gasteiger partial charge in [-0.25, -0.2) is 3.97 Å². The van der Waals surface area contributed by atoms with Crippen molar-refractivity contribution in [3.8, 4) is 0 Å². The molecule has 0 aliphatic heterocycles. The Morgan fingerprint density at radius 1 is 1.88 bits per heavy atom. The molecule has 0 spiro atoms. The molecule has 0 aromatic carbocycles. The van der Waals surface area contributed by atoms with E-state index in [-0.39, 0.29) is 51.4 Å². The van der Waals surface area contributed by atoms with Gasteiger partial charge in [-0.2, -0.15) is 0 Å². The average Bonchev–Trinajstić information content (AvgIpc) is 1.61. The molecule has 1 unspecified atom stereocenters. The van der Waals surface area contributed by atoms with E-state index in [1.54, 1.807) is 0 Å². The zero-order chi connectivity index (χ0) is 5.70. The molecule has 0 rings (SSSR count). The molecule has 1 N–H and O–H groups in total. The van der Waals surface area contributed by atoms with Crippen molar-refractivity contribution in [2.24, 2.45) is 0 Å². The molecule has 3 nitrogen and oxygen atoms in total. The van der Waals surface area contributed by atoms with E-state index in [2.05, 4.69) is 3.97 Å². The first-order valence-corrected chi connectivity index (χ1v) is 3.97. The number of hydrogen-bond donors (Lipinski definition) is 1. The molecule has 0 bridgehead atoms. The van der Waals surface area contributed by atoms with Crippen LogP contribution in [-0.4, -0.2) is 62.0 Å². The van der Waals surface area contributed by atoms with Crippen LogP contribution in [0.4, 0.5) is 0 Å². The Kier molecular flexibility index (Phi) is 14.6. The predicted octanol–water partition coefficient (Wildman–Crippen LogP) is 0.405. The maximum absolute atomic E-state index is 9.70. The second kappa shape index (κ2) is 9.14. The summed E-state index contributed by atoms with van der Waals surface area (Å²) in [4.78, 5) is 7.99. The van der Waals surface area contributed by atoms with Crippen LogP contribution >= 0.6 is 20.3 Å². The van der Waals surface area contributed by atoms with Gasteiger partial charge in [0.05, 0.1) is 0 Å². The van der Waals surface area contributed by atoms with Gasteiger partial charge in [0.25, 0.3) is 0 Å². The summed E-state index contributed by atoms with van der Waals surface area (Å²) in [5.41, 5.74) is 0. The van der Waals surface area contributed by atoms with Crippen LogP contribution in [0.25, 0.3) is 0 Å². The van der Waals surface area contributed by atoms with Gasteiger partial charge in [0.15, 0.2) is 0 Å². The monoisotopic (exact) mass is 182 g/mol. The van der Waals surface area contributed by atoms with Crippen LogP contribution in [0.2, 0.25) is 0 Å². The van der Waals surface area contributed by atoms with Crippen molar-refractivity contribution < 1.29 is 13.4 Å². The third-order valence-corrected chi connectivity index (χ3v) is 1.53. The van der Waals surface area contributed by atoms with Crippen LogP contribution in [0.3, 0.4) is 0 Å². The fraction of sp³-hybridized carbons (Fsp3) is 1.00. The van der Waals surface area contributed by atoms with E-state index in [1.165, 1.54) is 0 Å². The summed E-state index contributed by atoms with van der Waals surface area (Å²) in [6.07, 6.45) is 0. The van der Waals surface area contributed by atoms with Gasteiger partial charge in [0.1, 0.15) is 0 Å². The molecule has 1 atom stereocenters. The molecule has 0 aromatic rings. The molecule has 0 aromatic heterocycles. The van der Waals surface area contributed by atoms with E-state index in [0.717, 1.165) is 12.0 Å². The first kappa shape index (κ1) is 12.8. The van der Waals surface area contributed by atoms with Crippen LogP contribution in [0.15, 0.2) is 0 Å². The van der Waals surface area contributed by atoms with Gasteiger partial charge in [-0.3, -0.25) is 4.57 Å². The fourth-order valence-corrected chi connectivity index (χ4v) is 0.984.